The monoisotopic (exact) mass is 716 g/mol. The van der Waals surface area contributed by atoms with E-state index in [1.807, 2.05) is 19.2 Å². The number of rotatable bonds is 9. The highest BCUT2D eigenvalue weighted by molar-refractivity contribution is 6.32. The Labute approximate surface area is 298 Å². The van der Waals surface area contributed by atoms with E-state index in [2.05, 4.69) is 53.9 Å². The number of piperidine rings is 2. The zero-order valence-electron chi connectivity index (χ0n) is 29.1. The number of amides is 2. The Morgan fingerprint density at radius 1 is 1.08 bits per heavy atom. The third-order valence-corrected chi connectivity index (χ3v) is 10.0. The molecule has 0 spiro atoms. The van der Waals surface area contributed by atoms with E-state index in [1.165, 1.54) is 15.3 Å². The van der Waals surface area contributed by atoms with Crippen molar-refractivity contribution < 1.29 is 14.7 Å². The Balaban J connectivity index is 1.04. The summed E-state index contributed by atoms with van der Waals surface area (Å²) < 4.78 is 4.73. The molecule has 2 amide bonds. The lowest BCUT2D eigenvalue weighted by Crippen LogP contribution is -2.46. The standard InChI is InChI=1S/C34H41ClN12O4/c1-18-17-46(12-10-23(18)38-19-6-7-20-24(14-19)45(5)43-27(20)21-8-9-26(48)41-31(21)49)32-37-15-22(35)28(42-32)39-25-16-36-29-30(40-25)47(33(50)44(29)4)13-11-34(2,3)51/h6-7,14-16,18,21,23,38,51H,8-13,17H2,1-5H3,(H,41,48,49)(H,37,39,40,42)/t18-,21?,23-/m1/s1. The smallest absolute Gasteiger partial charge is 0.331 e. The summed E-state index contributed by atoms with van der Waals surface area (Å²) in [4.78, 5) is 57.6. The van der Waals surface area contributed by atoms with Crippen LogP contribution in [0.3, 0.4) is 0 Å². The first-order chi connectivity index (χ1) is 24.3. The number of imidazole rings is 1. The molecule has 51 heavy (non-hydrogen) atoms. The van der Waals surface area contributed by atoms with Gasteiger partial charge in [-0.1, -0.05) is 18.5 Å². The molecule has 4 N–H and O–H groups in total. The molecule has 2 fully saturated rings. The Bertz CT molecular complexity index is 2220. The first-order valence-electron chi connectivity index (χ1n) is 17.0. The van der Waals surface area contributed by atoms with Crippen molar-refractivity contribution in [2.75, 3.05) is 28.6 Å². The molecule has 1 unspecified atom stereocenters. The van der Waals surface area contributed by atoms with Crippen molar-refractivity contribution in [3.8, 4) is 0 Å². The molecule has 16 nitrogen and oxygen atoms in total. The minimum Gasteiger partial charge on any atom is -0.390 e. The fourth-order valence-electron chi connectivity index (χ4n) is 6.86. The predicted octanol–water partition coefficient (Wildman–Crippen LogP) is 3.21. The van der Waals surface area contributed by atoms with E-state index < -0.39 is 11.5 Å². The number of hydrogen-bond donors (Lipinski definition) is 4. The minimum absolute atomic E-state index is 0.188. The van der Waals surface area contributed by atoms with E-state index in [1.54, 1.807) is 31.8 Å². The molecule has 0 aliphatic carbocycles. The molecule has 0 bridgehead atoms. The van der Waals surface area contributed by atoms with Gasteiger partial charge in [-0.2, -0.15) is 10.1 Å². The zero-order chi connectivity index (χ0) is 36.2. The quantitative estimate of drug-likeness (QED) is 0.163. The van der Waals surface area contributed by atoms with E-state index in [0.29, 0.717) is 71.9 Å². The van der Waals surface area contributed by atoms with E-state index in [4.69, 9.17) is 16.6 Å². The number of aryl methyl sites for hydroxylation is 3. The van der Waals surface area contributed by atoms with Gasteiger partial charge in [0, 0.05) is 57.3 Å². The molecule has 7 rings (SSSR count). The van der Waals surface area contributed by atoms with Crippen molar-refractivity contribution in [2.24, 2.45) is 20.0 Å². The number of hydrogen-bond acceptors (Lipinski definition) is 12. The molecule has 6 heterocycles. The van der Waals surface area contributed by atoms with Crippen LogP contribution in [0.2, 0.25) is 5.02 Å². The molecule has 3 atom stereocenters. The first kappa shape index (κ1) is 34.4. The van der Waals surface area contributed by atoms with E-state index >= 15 is 0 Å². The summed E-state index contributed by atoms with van der Waals surface area (Å²) in [5.74, 6) is 0.508. The fraction of sp³-hybridized carbons (Fsp3) is 0.471. The summed E-state index contributed by atoms with van der Waals surface area (Å²) in [6, 6.07) is 6.25. The topological polar surface area (TPSA) is 190 Å². The summed E-state index contributed by atoms with van der Waals surface area (Å²) in [5, 5.41) is 25.4. The molecule has 2 saturated heterocycles. The van der Waals surface area contributed by atoms with Crippen LogP contribution in [-0.4, -0.2) is 80.5 Å². The van der Waals surface area contributed by atoms with Crippen molar-refractivity contribution in [3.63, 3.8) is 0 Å². The minimum atomic E-state index is -0.947. The summed E-state index contributed by atoms with van der Waals surface area (Å²) in [6.45, 7) is 7.27. The average Bonchev–Trinajstić information content (AvgIpc) is 3.52. The SMILES string of the molecule is C[C@@H]1CN(c2ncc(Cl)c(Nc3cnc4c(n3)n(CCC(C)(C)O)c(=O)n4C)n2)CC[C@H]1Nc1ccc2c(C3CCC(=O)NC3=O)nn(C)c2c1. The van der Waals surface area contributed by atoms with E-state index in [-0.39, 0.29) is 36.0 Å². The van der Waals surface area contributed by atoms with Crippen LogP contribution in [0.25, 0.3) is 22.2 Å². The second-order valence-electron chi connectivity index (χ2n) is 14.2. The van der Waals surface area contributed by atoms with E-state index in [0.717, 1.165) is 23.0 Å². The number of nitrogens with zero attached hydrogens (tertiary/aromatic N) is 9. The molecule has 0 radical (unpaired) electrons. The highest BCUT2D eigenvalue weighted by Gasteiger charge is 2.32. The highest BCUT2D eigenvalue weighted by atomic mass is 35.5. The van der Waals surface area contributed by atoms with Gasteiger partial charge >= 0.3 is 5.69 Å². The Kier molecular flexibility index (Phi) is 8.91. The van der Waals surface area contributed by atoms with Gasteiger partial charge in [-0.15, -0.1) is 0 Å². The predicted molar refractivity (Wildman–Crippen MR) is 193 cm³/mol. The highest BCUT2D eigenvalue weighted by Crippen LogP contribution is 2.33. The maximum atomic E-state index is 12.9. The molecule has 5 aromatic rings. The number of fused-ring (bicyclic) bond motifs is 2. The molecule has 1 aromatic carbocycles. The van der Waals surface area contributed by atoms with Gasteiger partial charge in [0.2, 0.25) is 17.8 Å². The van der Waals surface area contributed by atoms with Crippen LogP contribution in [0.5, 0.6) is 0 Å². The van der Waals surface area contributed by atoms with Crippen molar-refractivity contribution in [3.05, 3.63) is 51.8 Å². The third-order valence-electron chi connectivity index (χ3n) is 9.74. The lowest BCUT2D eigenvalue weighted by molar-refractivity contribution is -0.134. The maximum absolute atomic E-state index is 12.9. The molecule has 17 heteroatoms. The van der Waals surface area contributed by atoms with Crippen LogP contribution in [-0.2, 0) is 30.2 Å². The lowest BCUT2D eigenvalue weighted by atomic mass is 9.92. The summed E-state index contributed by atoms with van der Waals surface area (Å²) in [7, 11) is 3.50. The number of imide groups is 1. The number of halogens is 1. The van der Waals surface area contributed by atoms with Gasteiger partial charge in [-0.05, 0) is 57.2 Å². The summed E-state index contributed by atoms with van der Waals surface area (Å²) in [5.41, 5.74) is 2.17. The van der Waals surface area contributed by atoms with Gasteiger partial charge in [-0.3, -0.25) is 28.7 Å². The van der Waals surface area contributed by atoms with Crippen LogP contribution in [0.1, 0.15) is 58.1 Å². The van der Waals surface area contributed by atoms with Gasteiger partial charge in [0.1, 0.15) is 5.02 Å². The Morgan fingerprint density at radius 3 is 2.63 bits per heavy atom. The maximum Gasteiger partial charge on any atom is 0.331 e. The normalized spacial score (nSPS) is 19.9. The number of anilines is 4. The number of aromatic nitrogens is 8. The van der Waals surface area contributed by atoms with Gasteiger partial charge < -0.3 is 20.6 Å². The van der Waals surface area contributed by atoms with Crippen molar-refractivity contribution in [1.29, 1.82) is 0 Å². The van der Waals surface area contributed by atoms with Crippen molar-refractivity contribution in [2.45, 2.75) is 70.6 Å². The van der Waals surface area contributed by atoms with Gasteiger partial charge in [-0.25, -0.2) is 19.7 Å². The van der Waals surface area contributed by atoms with Gasteiger partial charge in [0.15, 0.2) is 22.9 Å². The summed E-state index contributed by atoms with van der Waals surface area (Å²) >= 11 is 6.53. The Hall–Kier alpha value is -5.09. The molecular formula is C34H41ClN12O4. The van der Waals surface area contributed by atoms with Crippen LogP contribution in [0, 0.1) is 5.92 Å². The van der Waals surface area contributed by atoms with Crippen molar-refractivity contribution >= 4 is 68.9 Å². The second-order valence-corrected chi connectivity index (χ2v) is 14.6. The fourth-order valence-corrected chi connectivity index (χ4v) is 7.00. The van der Waals surface area contributed by atoms with Gasteiger partial charge in [0.05, 0.1) is 35.1 Å². The number of benzene rings is 1. The van der Waals surface area contributed by atoms with Crippen LogP contribution < -0.4 is 26.5 Å². The van der Waals surface area contributed by atoms with E-state index in [9.17, 15) is 19.5 Å². The van der Waals surface area contributed by atoms with Crippen LogP contribution >= 0.6 is 11.6 Å². The largest absolute Gasteiger partial charge is 0.390 e. The molecule has 4 aromatic heterocycles. The molecule has 2 aliphatic rings. The number of aliphatic hydroxyl groups is 1. The zero-order valence-corrected chi connectivity index (χ0v) is 29.9. The first-order valence-corrected chi connectivity index (χ1v) is 17.4. The number of nitrogens with one attached hydrogen (secondary N) is 3. The molecular weight excluding hydrogens is 676 g/mol. The molecule has 0 saturated carbocycles. The Morgan fingerprint density at radius 2 is 1.88 bits per heavy atom. The van der Waals surface area contributed by atoms with Gasteiger partial charge in [0.25, 0.3) is 0 Å². The third kappa shape index (κ3) is 6.85. The number of carbonyl (C=O) groups is 2. The number of carbonyl (C=O) groups excluding carboxylic acids is 2. The van der Waals surface area contributed by atoms with Crippen molar-refractivity contribution in [1.82, 2.24) is 44.2 Å². The second kappa shape index (κ2) is 13.2. The molecule has 268 valence electrons. The van der Waals surface area contributed by atoms with Crippen LogP contribution in [0.4, 0.5) is 23.3 Å². The average molecular weight is 717 g/mol. The van der Waals surface area contributed by atoms with Crippen LogP contribution in [0.15, 0.2) is 35.4 Å². The summed E-state index contributed by atoms with van der Waals surface area (Å²) in [6.07, 6.45) is 5.04. The lowest BCUT2D eigenvalue weighted by Gasteiger charge is -2.37. The molecule has 2 aliphatic heterocycles.